The fraction of sp³-hybridized carbons (Fsp3) is 0.269. The second kappa shape index (κ2) is 7.29. The molecule has 144 valence electrons. The van der Waals surface area contributed by atoms with Gasteiger partial charge in [-0.25, -0.2) is 0 Å². The van der Waals surface area contributed by atoms with Crippen LogP contribution in [0.1, 0.15) is 49.1 Å². The number of benzene rings is 3. The van der Waals surface area contributed by atoms with Crippen LogP contribution in [0.5, 0.6) is 0 Å². The lowest BCUT2D eigenvalue weighted by Gasteiger charge is -2.23. The van der Waals surface area contributed by atoms with Crippen LogP contribution in [0, 0.1) is 11.5 Å². The van der Waals surface area contributed by atoms with Gasteiger partial charge in [0.2, 0.25) is 0 Å². The first kappa shape index (κ1) is 17.8. The van der Waals surface area contributed by atoms with Crippen LogP contribution >= 0.6 is 0 Å². The van der Waals surface area contributed by atoms with Gasteiger partial charge in [-0.2, -0.15) is 5.26 Å². The maximum absolute atomic E-state index is 8.83. The Bertz CT molecular complexity index is 1070. The summed E-state index contributed by atoms with van der Waals surface area (Å²) in [6, 6.07) is 21.7. The molecule has 0 aliphatic heterocycles. The highest BCUT2D eigenvalue weighted by atomic mass is 14.9. The molecule has 0 saturated heterocycles. The number of nitrogens with one attached hydrogen (secondary N) is 2. The quantitative estimate of drug-likeness (QED) is 0.382. The first-order valence-corrected chi connectivity index (χ1v) is 10.5. The van der Waals surface area contributed by atoms with E-state index in [2.05, 4.69) is 66.1 Å². The second-order valence-electron chi connectivity index (χ2n) is 8.12. The van der Waals surface area contributed by atoms with Crippen molar-refractivity contribution in [3.63, 3.8) is 0 Å². The zero-order valence-electron chi connectivity index (χ0n) is 16.7. The molecule has 1 fully saturated rings. The minimum atomic E-state index is 0.683. The molecule has 29 heavy (non-hydrogen) atoms. The number of hydrogen-bond donors (Lipinski definition) is 2. The van der Waals surface area contributed by atoms with Crippen LogP contribution in [-0.2, 0) is 0 Å². The third-order valence-corrected chi connectivity index (χ3v) is 6.51. The summed E-state index contributed by atoms with van der Waals surface area (Å²) in [5.74, 6) is 1.38. The molecule has 2 aliphatic rings. The molecular weight excluding hydrogens is 354 g/mol. The summed E-state index contributed by atoms with van der Waals surface area (Å²) in [6.07, 6.45) is 5.91. The Hall–Kier alpha value is -3.25. The van der Waals surface area contributed by atoms with Gasteiger partial charge < -0.3 is 5.32 Å². The van der Waals surface area contributed by atoms with E-state index in [9.17, 15) is 0 Å². The first-order chi connectivity index (χ1) is 14.3. The number of fused-ring (bicyclic) bond motifs is 5. The van der Waals surface area contributed by atoms with Crippen molar-refractivity contribution < 1.29 is 0 Å². The summed E-state index contributed by atoms with van der Waals surface area (Å²) in [6.45, 7) is 3.06. The Kier molecular flexibility index (Phi) is 4.48. The normalized spacial score (nSPS) is 18.9. The van der Waals surface area contributed by atoms with Crippen molar-refractivity contribution in [3.05, 3.63) is 71.8 Å². The average molecular weight is 380 g/mol. The molecule has 3 heteroatoms. The van der Waals surface area contributed by atoms with Crippen LogP contribution in [-0.4, -0.2) is 6.54 Å². The van der Waals surface area contributed by atoms with Gasteiger partial charge in [0, 0.05) is 17.9 Å². The van der Waals surface area contributed by atoms with E-state index in [1.165, 1.54) is 47.2 Å². The van der Waals surface area contributed by atoms with Gasteiger partial charge in [0.15, 0.2) is 6.19 Å². The van der Waals surface area contributed by atoms with E-state index in [4.69, 9.17) is 5.26 Å². The number of nitriles is 1. The average Bonchev–Trinajstić information content (AvgIpc) is 3.38. The molecule has 0 aromatic heterocycles. The molecule has 5 rings (SSSR count). The Labute approximate surface area is 172 Å². The Morgan fingerprint density at radius 1 is 0.793 bits per heavy atom. The van der Waals surface area contributed by atoms with Gasteiger partial charge in [-0.05, 0) is 95.7 Å². The third-order valence-electron chi connectivity index (χ3n) is 6.51. The number of hydrogen-bond acceptors (Lipinski definition) is 3. The number of nitrogens with zero attached hydrogens (tertiary/aromatic N) is 1. The number of anilines is 2. The van der Waals surface area contributed by atoms with E-state index in [1.54, 1.807) is 11.1 Å². The summed E-state index contributed by atoms with van der Waals surface area (Å²) in [7, 11) is 0. The fourth-order valence-electron chi connectivity index (χ4n) is 5.29. The Balaban J connectivity index is 1.59. The molecule has 1 saturated carbocycles. The van der Waals surface area contributed by atoms with Crippen molar-refractivity contribution in [1.82, 2.24) is 0 Å². The lowest BCUT2D eigenvalue weighted by atomic mass is 9.81. The largest absolute Gasteiger partial charge is 0.385 e. The fourth-order valence-corrected chi connectivity index (χ4v) is 5.29. The van der Waals surface area contributed by atoms with E-state index in [1.807, 2.05) is 18.3 Å². The van der Waals surface area contributed by atoms with E-state index in [-0.39, 0.29) is 0 Å². The van der Waals surface area contributed by atoms with Gasteiger partial charge >= 0.3 is 0 Å². The monoisotopic (exact) mass is 379 g/mol. The maximum atomic E-state index is 8.83. The number of rotatable bonds is 5. The maximum Gasteiger partial charge on any atom is 0.181 e. The Morgan fingerprint density at radius 2 is 1.31 bits per heavy atom. The van der Waals surface area contributed by atoms with Crippen LogP contribution in [0.2, 0.25) is 0 Å². The summed E-state index contributed by atoms with van der Waals surface area (Å²) in [4.78, 5) is 0. The molecule has 3 nitrogen and oxygen atoms in total. The summed E-state index contributed by atoms with van der Waals surface area (Å²) in [5.41, 5.74) is 10.5. The highest BCUT2D eigenvalue weighted by Crippen LogP contribution is 2.58. The molecular formula is C26H25N3. The summed E-state index contributed by atoms with van der Waals surface area (Å²) >= 11 is 0. The lowest BCUT2D eigenvalue weighted by molar-refractivity contribution is 0.720. The molecule has 0 heterocycles. The van der Waals surface area contributed by atoms with Crippen LogP contribution in [0.3, 0.4) is 0 Å². The van der Waals surface area contributed by atoms with E-state index in [0.717, 1.165) is 12.2 Å². The zero-order chi connectivity index (χ0) is 19.8. The predicted octanol–water partition coefficient (Wildman–Crippen LogP) is 6.71. The van der Waals surface area contributed by atoms with Gasteiger partial charge in [0.05, 0.1) is 0 Å². The highest BCUT2D eigenvalue weighted by molar-refractivity contribution is 5.81. The van der Waals surface area contributed by atoms with Crippen LogP contribution < -0.4 is 10.6 Å². The van der Waals surface area contributed by atoms with Crippen LogP contribution in [0.15, 0.2) is 60.7 Å². The van der Waals surface area contributed by atoms with E-state index >= 15 is 0 Å². The second-order valence-corrected chi connectivity index (χ2v) is 8.12. The zero-order valence-corrected chi connectivity index (χ0v) is 16.7. The van der Waals surface area contributed by atoms with Crippen molar-refractivity contribution >= 4 is 11.4 Å². The molecule has 0 amide bonds. The van der Waals surface area contributed by atoms with E-state index < -0.39 is 0 Å². The van der Waals surface area contributed by atoms with Crippen molar-refractivity contribution in [1.29, 1.82) is 5.26 Å². The summed E-state index contributed by atoms with van der Waals surface area (Å²) < 4.78 is 0. The molecule has 0 spiro atoms. The highest BCUT2D eigenvalue weighted by Gasteiger charge is 2.40. The minimum absolute atomic E-state index is 0.683. The first-order valence-electron chi connectivity index (χ1n) is 10.5. The molecule has 3 aromatic rings. The molecule has 2 N–H and O–H groups in total. The SMILES string of the molecule is CCNc1ccc(-c2ccc(-c3ccc(NC#N)cc3)c3c2C2CCC3C2)cc1. The van der Waals surface area contributed by atoms with Gasteiger partial charge in [-0.15, -0.1) is 0 Å². The van der Waals surface area contributed by atoms with Crippen molar-refractivity contribution in [2.45, 2.75) is 38.0 Å². The molecule has 2 unspecified atom stereocenters. The smallest absolute Gasteiger partial charge is 0.181 e. The molecule has 3 aromatic carbocycles. The molecule has 2 bridgehead atoms. The predicted molar refractivity (Wildman–Crippen MR) is 120 cm³/mol. The van der Waals surface area contributed by atoms with Crippen molar-refractivity contribution in [3.8, 4) is 28.4 Å². The van der Waals surface area contributed by atoms with Crippen molar-refractivity contribution in [2.24, 2.45) is 0 Å². The topological polar surface area (TPSA) is 47.8 Å². The van der Waals surface area contributed by atoms with Crippen molar-refractivity contribution in [2.75, 3.05) is 17.2 Å². The van der Waals surface area contributed by atoms with Gasteiger partial charge in [-0.1, -0.05) is 36.4 Å². The molecule has 2 aliphatic carbocycles. The standard InChI is InChI=1S/C26H25N3/c1-2-28-21-9-5-17(6-10-21)23-13-14-24(18-7-11-22(12-8-18)29-16-27)26-20-4-3-19(15-20)25(23)26/h5-14,19-20,28-29H,2-4,15H2,1H3. The van der Waals surface area contributed by atoms with Crippen LogP contribution in [0.25, 0.3) is 22.3 Å². The third kappa shape index (κ3) is 3.06. The lowest BCUT2D eigenvalue weighted by Crippen LogP contribution is -2.03. The molecule has 0 radical (unpaired) electrons. The molecule has 2 atom stereocenters. The van der Waals surface area contributed by atoms with Gasteiger partial charge in [0.25, 0.3) is 0 Å². The summed E-state index contributed by atoms with van der Waals surface area (Å²) in [5, 5.41) is 14.9. The van der Waals surface area contributed by atoms with Gasteiger partial charge in [-0.3, -0.25) is 5.32 Å². The minimum Gasteiger partial charge on any atom is -0.385 e. The van der Waals surface area contributed by atoms with Gasteiger partial charge in [0.1, 0.15) is 0 Å². The Morgan fingerprint density at radius 3 is 1.79 bits per heavy atom. The van der Waals surface area contributed by atoms with Crippen LogP contribution in [0.4, 0.5) is 11.4 Å². The van der Waals surface area contributed by atoms with E-state index in [0.29, 0.717) is 11.8 Å².